The van der Waals surface area contributed by atoms with Crippen molar-refractivity contribution in [2.24, 2.45) is 0 Å². The number of nitrogens with zero attached hydrogens (tertiary/aromatic N) is 3. The SMILES string of the molecule is Cc1occc1-c1nnc(SCc2coc(-c3cccc(Cl)c3)n2)o1. The number of rotatable bonds is 5. The zero-order valence-electron chi connectivity index (χ0n) is 13.1. The Balaban J connectivity index is 1.44. The van der Waals surface area contributed by atoms with Gasteiger partial charge in [0.25, 0.3) is 11.1 Å². The van der Waals surface area contributed by atoms with E-state index >= 15 is 0 Å². The minimum absolute atomic E-state index is 0.438. The van der Waals surface area contributed by atoms with Gasteiger partial charge in [0.1, 0.15) is 12.0 Å². The van der Waals surface area contributed by atoms with E-state index < -0.39 is 0 Å². The van der Waals surface area contributed by atoms with Crippen LogP contribution in [0.4, 0.5) is 0 Å². The summed E-state index contributed by atoms with van der Waals surface area (Å²) in [6, 6.07) is 9.16. The predicted octanol–water partition coefficient (Wildman–Crippen LogP) is 5.24. The molecule has 0 unspecified atom stereocenters. The molecule has 0 radical (unpaired) electrons. The first kappa shape index (κ1) is 16.0. The van der Waals surface area contributed by atoms with Crippen molar-refractivity contribution in [3.63, 3.8) is 0 Å². The van der Waals surface area contributed by atoms with E-state index in [0.717, 1.165) is 22.6 Å². The molecule has 0 N–H and O–H groups in total. The highest BCUT2D eigenvalue weighted by atomic mass is 35.5. The van der Waals surface area contributed by atoms with Crippen molar-refractivity contribution in [2.45, 2.75) is 17.9 Å². The zero-order valence-corrected chi connectivity index (χ0v) is 14.7. The molecule has 25 heavy (non-hydrogen) atoms. The number of furan rings is 1. The Bertz CT molecular complexity index is 1010. The normalized spacial score (nSPS) is 11.1. The summed E-state index contributed by atoms with van der Waals surface area (Å²) >= 11 is 7.38. The van der Waals surface area contributed by atoms with E-state index in [9.17, 15) is 0 Å². The van der Waals surface area contributed by atoms with Crippen LogP contribution in [0.2, 0.25) is 5.02 Å². The minimum Gasteiger partial charge on any atom is -0.469 e. The minimum atomic E-state index is 0.438. The first-order valence-corrected chi connectivity index (χ1v) is 8.76. The summed E-state index contributed by atoms with van der Waals surface area (Å²) in [4.78, 5) is 4.46. The number of hydrogen-bond acceptors (Lipinski definition) is 7. The van der Waals surface area contributed by atoms with E-state index in [1.807, 2.05) is 25.1 Å². The molecule has 0 fully saturated rings. The molecule has 1 aromatic carbocycles. The van der Waals surface area contributed by atoms with Crippen molar-refractivity contribution >= 4 is 23.4 Å². The average Bonchev–Trinajstić information content (AvgIpc) is 3.33. The summed E-state index contributed by atoms with van der Waals surface area (Å²) in [5, 5.41) is 9.17. The zero-order chi connectivity index (χ0) is 17.2. The van der Waals surface area contributed by atoms with Crippen LogP contribution >= 0.6 is 23.4 Å². The molecule has 3 heterocycles. The largest absolute Gasteiger partial charge is 0.469 e. The van der Waals surface area contributed by atoms with Crippen LogP contribution in [0.1, 0.15) is 11.5 Å². The van der Waals surface area contributed by atoms with Crippen molar-refractivity contribution in [2.75, 3.05) is 0 Å². The van der Waals surface area contributed by atoms with Crippen LogP contribution in [0.15, 0.2) is 61.3 Å². The van der Waals surface area contributed by atoms with Crippen LogP contribution in [0.5, 0.6) is 0 Å². The predicted molar refractivity (Wildman–Crippen MR) is 93.2 cm³/mol. The summed E-state index contributed by atoms with van der Waals surface area (Å²) in [5.74, 6) is 2.26. The van der Waals surface area contributed by atoms with E-state index in [-0.39, 0.29) is 0 Å². The van der Waals surface area contributed by atoms with E-state index in [1.54, 1.807) is 24.7 Å². The van der Waals surface area contributed by atoms with Crippen LogP contribution in [-0.4, -0.2) is 15.2 Å². The van der Waals surface area contributed by atoms with Crippen LogP contribution < -0.4 is 0 Å². The van der Waals surface area contributed by atoms with Gasteiger partial charge < -0.3 is 13.3 Å². The molecule has 0 amide bonds. The van der Waals surface area contributed by atoms with Gasteiger partial charge in [-0.1, -0.05) is 29.4 Å². The second-order valence-electron chi connectivity index (χ2n) is 5.21. The molecule has 0 bridgehead atoms. The molecule has 0 aliphatic heterocycles. The molecule has 3 aromatic heterocycles. The maximum Gasteiger partial charge on any atom is 0.277 e. The highest BCUT2D eigenvalue weighted by Crippen LogP contribution is 2.29. The molecule has 0 atom stereocenters. The fourth-order valence-corrected chi connectivity index (χ4v) is 3.08. The lowest BCUT2D eigenvalue weighted by Crippen LogP contribution is -1.82. The lowest BCUT2D eigenvalue weighted by molar-refractivity contribution is 0.463. The third-order valence-electron chi connectivity index (χ3n) is 3.46. The quantitative estimate of drug-likeness (QED) is 0.442. The van der Waals surface area contributed by atoms with Crippen molar-refractivity contribution in [3.05, 3.63) is 59.3 Å². The number of halogens is 1. The third kappa shape index (κ3) is 3.47. The molecule has 0 aliphatic carbocycles. The fraction of sp³-hybridized carbons (Fsp3) is 0.118. The fourth-order valence-electron chi connectivity index (χ4n) is 2.25. The molecule has 0 saturated heterocycles. The van der Waals surface area contributed by atoms with Gasteiger partial charge in [0, 0.05) is 16.3 Å². The summed E-state index contributed by atoms with van der Waals surface area (Å²) in [6.45, 7) is 1.85. The van der Waals surface area contributed by atoms with Crippen LogP contribution in [0.25, 0.3) is 22.9 Å². The highest BCUT2D eigenvalue weighted by molar-refractivity contribution is 7.98. The van der Waals surface area contributed by atoms with Gasteiger partial charge in [-0.2, -0.15) is 0 Å². The first-order chi connectivity index (χ1) is 12.2. The van der Waals surface area contributed by atoms with Gasteiger partial charge in [-0.3, -0.25) is 0 Å². The Hall–Kier alpha value is -2.51. The monoisotopic (exact) mass is 373 g/mol. The summed E-state index contributed by atoms with van der Waals surface area (Å²) in [6.07, 6.45) is 3.20. The number of hydrogen-bond donors (Lipinski definition) is 0. The van der Waals surface area contributed by atoms with Crippen molar-refractivity contribution in [1.82, 2.24) is 15.2 Å². The number of thioether (sulfide) groups is 1. The summed E-state index contributed by atoms with van der Waals surface area (Å²) < 4.78 is 16.4. The molecule has 8 heteroatoms. The number of aromatic nitrogens is 3. The van der Waals surface area contributed by atoms with Gasteiger partial charge in [-0.15, -0.1) is 10.2 Å². The lowest BCUT2D eigenvalue weighted by atomic mass is 10.2. The standard InChI is InChI=1S/C17H12ClN3O3S/c1-10-14(5-6-22-10)16-20-21-17(24-16)25-9-13-8-23-15(19-13)11-3-2-4-12(18)7-11/h2-8H,9H2,1H3. The molecular formula is C17H12ClN3O3S. The Morgan fingerprint density at radius 1 is 1.12 bits per heavy atom. The number of benzene rings is 1. The Kier molecular flexibility index (Phi) is 4.33. The molecular weight excluding hydrogens is 362 g/mol. The van der Waals surface area contributed by atoms with Crippen LogP contribution in [0, 0.1) is 6.92 Å². The Morgan fingerprint density at radius 2 is 2.04 bits per heavy atom. The van der Waals surface area contributed by atoms with Crippen LogP contribution in [-0.2, 0) is 5.75 Å². The smallest absolute Gasteiger partial charge is 0.277 e. The van der Waals surface area contributed by atoms with Crippen molar-refractivity contribution in [1.29, 1.82) is 0 Å². The summed E-state index contributed by atoms with van der Waals surface area (Å²) in [5.41, 5.74) is 2.41. The molecule has 6 nitrogen and oxygen atoms in total. The molecule has 0 spiro atoms. The second kappa shape index (κ2) is 6.78. The molecule has 126 valence electrons. The number of aryl methyl sites for hydroxylation is 1. The maximum atomic E-state index is 5.99. The average molecular weight is 374 g/mol. The number of oxazole rings is 1. The van der Waals surface area contributed by atoms with E-state index in [4.69, 9.17) is 24.9 Å². The molecule has 0 saturated carbocycles. The van der Waals surface area contributed by atoms with Gasteiger partial charge in [-0.25, -0.2) is 4.98 Å². The van der Waals surface area contributed by atoms with Gasteiger partial charge in [0.05, 0.1) is 17.5 Å². The van der Waals surface area contributed by atoms with Gasteiger partial charge in [-0.05, 0) is 31.2 Å². The Labute approximate surface area is 152 Å². The van der Waals surface area contributed by atoms with Crippen LogP contribution in [0.3, 0.4) is 0 Å². The van der Waals surface area contributed by atoms with Crippen molar-refractivity contribution < 1.29 is 13.3 Å². The highest BCUT2D eigenvalue weighted by Gasteiger charge is 2.14. The van der Waals surface area contributed by atoms with Crippen molar-refractivity contribution in [3.8, 4) is 22.9 Å². The molecule has 4 aromatic rings. The lowest BCUT2D eigenvalue weighted by Gasteiger charge is -1.95. The van der Waals surface area contributed by atoms with Gasteiger partial charge in [0.15, 0.2) is 0 Å². The molecule has 0 aliphatic rings. The molecule has 4 rings (SSSR count). The van der Waals surface area contributed by atoms with E-state index in [1.165, 1.54) is 11.8 Å². The Morgan fingerprint density at radius 3 is 2.84 bits per heavy atom. The van der Waals surface area contributed by atoms with Gasteiger partial charge in [0.2, 0.25) is 5.89 Å². The topological polar surface area (TPSA) is 78.1 Å². The second-order valence-corrected chi connectivity index (χ2v) is 6.57. The maximum absolute atomic E-state index is 5.99. The third-order valence-corrected chi connectivity index (χ3v) is 4.55. The first-order valence-electron chi connectivity index (χ1n) is 7.40. The summed E-state index contributed by atoms with van der Waals surface area (Å²) in [7, 11) is 0. The van der Waals surface area contributed by atoms with Gasteiger partial charge >= 0.3 is 0 Å². The van der Waals surface area contributed by atoms with E-state index in [2.05, 4.69) is 15.2 Å². The van der Waals surface area contributed by atoms with E-state index in [0.29, 0.717) is 27.8 Å².